The molecule has 0 aliphatic heterocycles. The van der Waals surface area contributed by atoms with E-state index in [4.69, 9.17) is 5.11 Å². The summed E-state index contributed by atoms with van der Waals surface area (Å²) in [5, 5.41) is 8.73. The van der Waals surface area contributed by atoms with E-state index in [-0.39, 0.29) is 5.97 Å². The summed E-state index contributed by atoms with van der Waals surface area (Å²) in [4.78, 5) is 10.4. The van der Waals surface area contributed by atoms with Crippen LogP contribution in [-0.4, -0.2) is 24.3 Å². The minimum Gasteiger partial charge on any atom is -0.466 e. The van der Waals surface area contributed by atoms with Gasteiger partial charge in [0.2, 0.25) is 0 Å². The predicted molar refractivity (Wildman–Crippen MR) is 37.5 cm³/mol. The van der Waals surface area contributed by atoms with Gasteiger partial charge >= 0.3 is 5.97 Å². The van der Waals surface area contributed by atoms with E-state index in [2.05, 4.69) is 4.74 Å². The van der Waals surface area contributed by atoms with Crippen LogP contribution in [0.3, 0.4) is 0 Å². The van der Waals surface area contributed by atoms with Gasteiger partial charge in [-0.1, -0.05) is 6.08 Å². The molecule has 0 aliphatic rings. The molecule has 0 aromatic rings. The van der Waals surface area contributed by atoms with E-state index < -0.39 is 6.10 Å². The van der Waals surface area contributed by atoms with Crippen LogP contribution in [0.1, 0.15) is 13.3 Å². The zero-order valence-electron chi connectivity index (χ0n) is 6.20. The van der Waals surface area contributed by atoms with Crippen molar-refractivity contribution in [2.45, 2.75) is 19.4 Å². The van der Waals surface area contributed by atoms with Crippen LogP contribution >= 0.6 is 0 Å². The lowest BCUT2D eigenvalue weighted by molar-refractivity contribution is -0.134. The number of carbonyl (C=O) groups excluding carboxylic acids is 1. The van der Waals surface area contributed by atoms with Gasteiger partial charge in [-0.25, -0.2) is 4.79 Å². The summed E-state index contributed by atoms with van der Waals surface area (Å²) in [6.07, 6.45) is 2.96. The van der Waals surface area contributed by atoms with E-state index in [0.29, 0.717) is 6.42 Å². The average molecular weight is 144 g/mol. The molecule has 1 atom stereocenters. The van der Waals surface area contributed by atoms with Gasteiger partial charge in [0.1, 0.15) is 0 Å². The van der Waals surface area contributed by atoms with Gasteiger partial charge in [-0.3, -0.25) is 0 Å². The molecule has 0 fully saturated rings. The first-order valence-corrected chi connectivity index (χ1v) is 3.09. The Labute approximate surface area is 60.3 Å². The zero-order valence-corrected chi connectivity index (χ0v) is 6.20. The van der Waals surface area contributed by atoms with Gasteiger partial charge in [0.05, 0.1) is 13.2 Å². The minimum atomic E-state index is -0.402. The van der Waals surface area contributed by atoms with Crippen LogP contribution in [0, 0.1) is 0 Å². The van der Waals surface area contributed by atoms with Crippen molar-refractivity contribution in [3.8, 4) is 0 Å². The Bertz CT molecular complexity index is 127. The molecule has 0 unspecified atom stereocenters. The highest BCUT2D eigenvalue weighted by atomic mass is 16.5. The number of aliphatic hydroxyl groups excluding tert-OH is 1. The van der Waals surface area contributed by atoms with E-state index in [9.17, 15) is 4.79 Å². The monoisotopic (exact) mass is 144 g/mol. The number of carbonyl (C=O) groups is 1. The maximum atomic E-state index is 10.4. The molecule has 3 nitrogen and oxygen atoms in total. The minimum absolute atomic E-state index is 0.388. The van der Waals surface area contributed by atoms with Crippen molar-refractivity contribution in [3.05, 3.63) is 12.2 Å². The maximum Gasteiger partial charge on any atom is 0.330 e. The average Bonchev–Trinajstić information content (AvgIpc) is 1.87. The number of aliphatic hydroxyl groups is 1. The van der Waals surface area contributed by atoms with Crippen LogP contribution in [-0.2, 0) is 9.53 Å². The Morgan fingerprint density at radius 1 is 1.80 bits per heavy atom. The fourth-order valence-electron chi connectivity index (χ4n) is 0.429. The van der Waals surface area contributed by atoms with Gasteiger partial charge in [-0.05, 0) is 13.3 Å². The van der Waals surface area contributed by atoms with E-state index >= 15 is 0 Å². The third kappa shape index (κ3) is 5.31. The molecule has 0 amide bonds. The molecule has 0 rings (SSSR count). The summed E-state index contributed by atoms with van der Waals surface area (Å²) in [6.45, 7) is 1.65. The van der Waals surface area contributed by atoms with Crippen molar-refractivity contribution < 1.29 is 14.6 Å². The summed E-state index contributed by atoms with van der Waals surface area (Å²) in [7, 11) is 1.31. The Kier molecular flexibility index (Phi) is 4.58. The van der Waals surface area contributed by atoms with Crippen LogP contribution in [0.2, 0.25) is 0 Å². The topological polar surface area (TPSA) is 46.5 Å². The van der Waals surface area contributed by atoms with Crippen molar-refractivity contribution in [1.82, 2.24) is 0 Å². The summed E-state index contributed by atoms with van der Waals surface area (Å²) >= 11 is 0. The third-order valence-corrected chi connectivity index (χ3v) is 0.932. The molecule has 0 bridgehead atoms. The van der Waals surface area contributed by atoms with Crippen LogP contribution in [0.4, 0.5) is 0 Å². The SMILES string of the molecule is COC(=O)/C=C/C[C@@H](C)O. The van der Waals surface area contributed by atoms with E-state index in [1.54, 1.807) is 13.0 Å². The van der Waals surface area contributed by atoms with Crippen molar-refractivity contribution in [3.63, 3.8) is 0 Å². The Balaban J connectivity index is 3.46. The summed E-state index contributed by atoms with van der Waals surface area (Å²) in [5.41, 5.74) is 0. The van der Waals surface area contributed by atoms with Gasteiger partial charge < -0.3 is 9.84 Å². The smallest absolute Gasteiger partial charge is 0.330 e. The number of ether oxygens (including phenoxy) is 1. The molecule has 0 heterocycles. The molecule has 0 saturated carbocycles. The summed E-state index contributed by atoms with van der Waals surface area (Å²) < 4.78 is 4.32. The summed E-state index contributed by atoms with van der Waals surface area (Å²) in [6, 6.07) is 0. The van der Waals surface area contributed by atoms with Gasteiger partial charge in [-0.2, -0.15) is 0 Å². The first-order valence-electron chi connectivity index (χ1n) is 3.09. The standard InChI is InChI=1S/C7H12O3/c1-6(8)4-3-5-7(9)10-2/h3,5-6,8H,4H2,1-2H3/b5-3+/t6-/m1/s1. The number of hydrogen-bond acceptors (Lipinski definition) is 3. The molecular weight excluding hydrogens is 132 g/mol. The number of rotatable bonds is 3. The number of methoxy groups -OCH3 is 1. The molecule has 0 spiro atoms. The Morgan fingerprint density at radius 2 is 2.40 bits per heavy atom. The predicted octanol–water partition coefficient (Wildman–Crippen LogP) is 0.486. The molecule has 58 valence electrons. The molecule has 0 radical (unpaired) electrons. The second kappa shape index (κ2) is 4.99. The fraction of sp³-hybridized carbons (Fsp3) is 0.571. The molecule has 0 aromatic heterocycles. The Morgan fingerprint density at radius 3 is 2.80 bits per heavy atom. The van der Waals surface area contributed by atoms with Crippen molar-refractivity contribution >= 4 is 5.97 Å². The van der Waals surface area contributed by atoms with Crippen LogP contribution in [0.5, 0.6) is 0 Å². The highest BCUT2D eigenvalue weighted by Crippen LogP contribution is 1.90. The summed E-state index contributed by atoms with van der Waals surface area (Å²) in [5.74, 6) is -0.388. The zero-order chi connectivity index (χ0) is 7.98. The van der Waals surface area contributed by atoms with E-state index in [1.165, 1.54) is 13.2 Å². The molecule has 1 N–H and O–H groups in total. The largest absolute Gasteiger partial charge is 0.466 e. The van der Waals surface area contributed by atoms with Crippen LogP contribution in [0.15, 0.2) is 12.2 Å². The molecule has 0 aromatic carbocycles. The van der Waals surface area contributed by atoms with Gasteiger partial charge in [0.15, 0.2) is 0 Å². The number of hydrogen-bond donors (Lipinski definition) is 1. The second-order valence-corrected chi connectivity index (χ2v) is 2.01. The molecule has 0 saturated heterocycles. The van der Waals surface area contributed by atoms with Crippen molar-refractivity contribution in [2.75, 3.05) is 7.11 Å². The highest BCUT2D eigenvalue weighted by molar-refractivity contribution is 5.81. The fourth-order valence-corrected chi connectivity index (χ4v) is 0.429. The van der Waals surface area contributed by atoms with Gasteiger partial charge in [0, 0.05) is 6.08 Å². The van der Waals surface area contributed by atoms with Crippen molar-refractivity contribution in [2.24, 2.45) is 0 Å². The van der Waals surface area contributed by atoms with Gasteiger partial charge in [0.25, 0.3) is 0 Å². The van der Waals surface area contributed by atoms with Crippen LogP contribution < -0.4 is 0 Å². The lowest BCUT2D eigenvalue weighted by atomic mass is 10.3. The van der Waals surface area contributed by atoms with Gasteiger partial charge in [-0.15, -0.1) is 0 Å². The van der Waals surface area contributed by atoms with E-state index in [0.717, 1.165) is 0 Å². The number of esters is 1. The normalized spacial score (nSPS) is 13.5. The molecule has 0 aliphatic carbocycles. The molecule has 3 heteroatoms. The quantitative estimate of drug-likeness (QED) is 0.463. The van der Waals surface area contributed by atoms with E-state index in [1.807, 2.05) is 0 Å². The second-order valence-electron chi connectivity index (χ2n) is 2.01. The lowest BCUT2D eigenvalue weighted by Gasteiger charge is -1.95. The first kappa shape index (κ1) is 9.17. The van der Waals surface area contributed by atoms with Crippen molar-refractivity contribution in [1.29, 1.82) is 0 Å². The molecular formula is C7H12O3. The molecule has 10 heavy (non-hydrogen) atoms. The third-order valence-electron chi connectivity index (χ3n) is 0.932. The highest BCUT2D eigenvalue weighted by Gasteiger charge is 1.92. The Hall–Kier alpha value is -0.830. The lowest BCUT2D eigenvalue weighted by Crippen LogP contribution is -1.98. The maximum absolute atomic E-state index is 10.4. The first-order chi connectivity index (χ1) is 4.66. The van der Waals surface area contributed by atoms with Crippen LogP contribution in [0.25, 0.3) is 0 Å².